The molecule has 0 aliphatic rings. The molecule has 1 N–H and O–H groups in total. The quantitative estimate of drug-likeness (QED) is 0.0211. The average Bonchev–Trinajstić information content (AvgIpc) is 3.42. The number of hydrogen-bond acceptors (Lipinski definition) is 7. The Morgan fingerprint density at radius 1 is 0.392 bits per heavy atom. The molecule has 0 heterocycles. The highest BCUT2D eigenvalue weighted by atomic mass is 16.7. The van der Waals surface area contributed by atoms with Gasteiger partial charge in [0.1, 0.15) is 13.2 Å². The predicted molar refractivity (Wildman–Crippen MR) is 336 cm³/mol. The number of likely N-dealkylation sites (N-methyl/N-ethyl adjacent to an activating group) is 1. The molecular weight excluding hydrogens is 983 g/mol. The largest absolute Gasteiger partial charge is 0.477 e. The highest BCUT2D eigenvalue weighted by molar-refractivity contribution is 5.71. The Labute approximate surface area is 487 Å². The van der Waals surface area contributed by atoms with Crippen LogP contribution in [0.25, 0.3) is 0 Å². The van der Waals surface area contributed by atoms with E-state index in [2.05, 4.69) is 98.9 Å². The number of nitrogens with zero attached hydrogens (tertiary/aromatic N) is 1. The van der Waals surface area contributed by atoms with Crippen LogP contribution in [-0.4, -0.2) is 87.4 Å². The van der Waals surface area contributed by atoms with Gasteiger partial charge in [0.15, 0.2) is 6.10 Å². The molecule has 0 aliphatic carbocycles. The second-order valence-corrected chi connectivity index (χ2v) is 23.0. The van der Waals surface area contributed by atoms with E-state index >= 15 is 0 Å². The summed E-state index contributed by atoms with van der Waals surface area (Å²) < 4.78 is 22.9. The van der Waals surface area contributed by atoms with E-state index in [4.69, 9.17) is 18.9 Å². The average molecular weight is 1110 g/mol. The van der Waals surface area contributed by atoms with Gasteiger partial charge in [0.2, 0.25) is 0 Å². The number of carbonyl (C=O) groups is 3. The van der Waals surface area contributed by atoms with Crippen molar-refractivity contribution in [2.24, 2.45) is 0 Å². The van der Waals surface area contributed by atoms with E-state index < -0.39 is 24.3 Å². The molecule has 79 heavy (non-hydrogen) atoms. The van der Waals surface area contributed by atoms with Crippen molar-refractivity contribution in [3.8, 4) is 0 Å². The zero-order valence-electron chi connectivity index (χ0n) is 52.0. The zero-order valence-corrected chi connectivity index (χ0v) is 52.0. The van der Waals surface area contributed by atoms with Crippen LogP contribution in [0.1, 0.15) is 284 Å². The highest BCUT2D eigenvalue weighted by Crippen LogP contribution is 2.17. The van der Waals surface area contributed by atoms with E-state index in [9.17, 15) is 19.5 Å². The lowest BCUT2D eigenvalue weighted by Gasteiger charge is -2.25. The number of aliphatic carboxylic acids is 1. The van der Waals surface area contributed by atoms with Gasteiger partial charge in [0, 0.05) is 12.8 Å². The Kier molecular flexibility index (Phi) is 57.9. The lowest BCUT2D eigenvalue weighted by atomic mass is 10.0. The maximum atomic E-state index is 12.9. The van der Waals surface area contributed by atoms with Crippen LogP contribution in [0.15, 0.2) is 85.1 Å². The first-order valence-corrected chi connectivity index (χ1v) is 32.8. The second kappa shape index (κ2) is 60.6. The molecule has 456 valence electrons. The van der Waals surface area contributed by atoms with Crippen molar-refractivity contribution in [1.29, 1.82) is 0 Å². The molecule has 0 aromatic carbocycles. The van der Waals surface area contributed by atoms with Gasteiger partial charge in [-0.2, -0.15) is 0 Å². The molecule has 0 aromatic rings. The summed E-state index contributed by atoms with van der Waals surface area (Å²) in [4.78, 5) is 37.6. The summed E-state index contributed by atoms with van der Waals surface area (Å²) in [7, 11) is 5.97. The predicted octanol–water partition coefficient (Wildman–Crippen LogP) is 19.9. The standard InChI is InChI=1S/C70H123NO8/c1-6-8-10-12-14-16-18-20-22-24-26-28-30-31-32-33-34-35-36-37-39-41-43-45-47-49-51-53-55-57-59-61-68(73)79-66(65-78-70(69(74)75)76-63-62-71(3,4)5)64-77-67(72)60-58-56-54-52-50-48-46-44-42-40-38-29-27-25-23-21-19-17-15-13-11-9-7-2/h8,10,14,16,19-22,25-28,38,40,66,70H,6-7,9,11-13,15,17-18,23-24,29-37,39,41-65H2,1-5H3/p+1/b10-8-,16-14-,21-19-,22-20-,27-25-,28-26-,40-38-. The van der Waals surface area contributed by atoms with Gasteiger partial charge in [0.25, 0.3) is 6.29 Å². The normalized spacial score (nSPS) is 13.3. The Morgan fingerprint density at radius 2 is 0.722 bits per heavy atom. The Hall–Kier alpha value is -3.53. The van der Waals surface area contributed by atoms with Crippen molar-refractivity contribution in [2.75, 3.05) is 47.5 Å². The molecule has 0 aromatic heterocycles. The Bertz CT molecular complexity index is 1570. The lowest BCUT2D eigenvalue weighted by molar-refractivity contribution is -0.870. The molecule has 0 saturated heterocycles. The number of unbranched alkanes of at least 4 members (excludes halogenated alkanes) is 31. The first-order chi connectivity index (χ1) is 38.6. The summed E-state index contributed by atoms with van der Waals surface area (Å²) in [6.07, 6.45) is 78.2. The fraction of sp³-hybridized carbons (Fsp3) is 0.757. The number of ether oxygens (including phenoxy) is 4. The van der Waals surface area contributed by atoms with Crippen molar-refractivity contribution < 1.29 is 42.9 Å². The third kappa shape index (κ3) is 61.9. The maximum absolute atomic E-state index is 12.9. The summed E-state index contributed by atoms with van der Waals surface area (Å²) in [6.45, 7) is 4.77. The molecule has 0 amide bonds. The van der Waals surface area contributed by atoms with Crippen molar-refractivity contribution in [2.45, 2.75) is 296 Å². The molecule has 0 radical (unpaired) electrons. The minimum atomic E-state index is -1.51. The first-order valence-electron chi connectivity index (χ1n) is 32.8. The van der Waals surface area contributed by atoms with E-state index in [-0.39, 0.29) is 32.2 Å². The Balaban J connectivity index is 4.15. The molecule has 0 rings (SSSR count). The summed E-state index contributed by atoms with van der Waals surface area (Å²) >= 11 is 0. The van der Waals surface area contributed by atoms with Gasteiger partial charge in [-0.15, -0.1) is 0 Å². The smallest absolute Gasteiger partial charge is 0.361 e. The van der Waals surface area contributed by atoms with Crippen molar-refractivity contribution in [3.63, 3.8) is 0 Å². The van der Waals surface area contributed by atoms with E-state index in [0.717, 1.165) is 89.9 Å². The number of carboxylic acid groups (broad SMARTS) is 1. The van der Waals surface area contributed by atoms with Crippen LogP contribution in [0.4, 0.5) is 0 Å². The lowest BCUT2D eigenvalue weighted by Crippen LogP contribution is -2.40. The fourth-order valence-electron chi connectivity index (χ4n) is 9.13. The molecule has 2 unspecified atom stereocenters. The van der Waals surface area contributed by atoms with Gasteiger partial charge < -0.3 is 28.5 Å². The molecule has 0 spiro atoms. The van der Waals surface area contributed by atoms with Crippen LogP contribution >= 0.6 is 0 Å². The van der Waals surface area contributed by atoms with Crippen LogP contribution < -0.4 is 0 Å². The van der Waals surface area contributed by atoms with Gasteiger partial charge in [-0.25, -0.2) is 4.79 Å². The number of carbonyl (C=O) groups excluding carboxylic acids is 2. The molecule has 9 heteroatoms. The minimum Gasteiger partial charge on any atom is -0.477 e. The van der Waals surface area contributed by atoms with Crippen LogP contribution in [-0.2, 0) is 33.3 Å². The first kappa shape index (κ1) is 75.5. The van der Waals surface area contributed by atoms with Crippen molar-refractivity contribution in [3.05, 3.63) is 85.1 Å². The molecule has 9 nitrogen and oxygen atoms in total. The third-order valence-corrected chi connectivity index (χ3v) is 14.1. The number of esters is 2. The summed E-state index contributed by atoms with van der Waals surface area (Å²) in [5.74, 6) is -2.01. The third-order valence-electron chi connectivity index (χ3n) is 14.1. The van der Waals surface area contributed by atoms with E-state index in [0.29, 0.717) is 17.4 Å². The fourth-order valence-corrected chi connectivity index (χ4v) is 9.13. The van der Waals surface area contributed by atoms with Gasteiger partial charge in [-0.3, -0.25) is 9.59 Å². The van der Waals surface area contributed by atoms with Crippen molar-refractivity contribution >= 4 is 17.9 Å². The molecule has 0 aliphatic heterocycles. The van der Waals surface area contributed by atoms with Gasteiger partial charge in [-0.1, -0.05) is 266 Å². The van der Waals surface area contributed by atoms with Gasteiger partial charge in [-0.05, 0) is 89.9 Å². The summed E-state index contributed by atoms with van der Waals surface area (Å²) in [6, 6.07) is 0. The van der Waals surface area contributed by atoms with Gasteiger partial charge in [0.05, 0.1) is 34.4 Å². The van der Waals surface area contributed by atoms with Crippen LogP contribution in [0.3, 0.4) is 0 Å². The van der Waals surface area contributed by atoms with E-state index in [1.54, 1.807) is 0 Å². The number of carboxylic acids is 1. The highest BCUT2D eigenvalue weighted by Gasteiger charge is 2.25. The maximum Gasteiger partial charge on any atom is 0.361 e. The van der Waals surface area contributed by atoms with E-state index in [1.807, 2.05) is 21.1 Å². The van der Waals surface area contributed by atoms with Crippen LogP contribution in [0, 0.1) is 0 Å². The molecular formula is C70H124NO8+. The molecule has 0 fully saturated rings. The molecule has 0 saturated carbocycles. The zero-order chi connectivity index (χ0) is 57.6. The summed E-state index contributed by atoms with van der Waals surface area (Å²) in [5, 5.41) is 9.73. The SMILES string of the molecule is CC/C=C\C/C=C\C/C=C\C/C=C\CCCCCCCCCCCCCCCCCCCCC(=O)OC(COC(=O)CCCCCCCCCC/C=C\C/C=C\C/C=C\CCCCCCC)COC(OCC[N+](C)(C)C)C(=O)O. The number of rotatable bonds is 60. The number of quaternary nitrogens is 1. The monoisotopic (exact) mass is 1110 g/mol. The van der Waals surface area contributed by atoms with E-state index in [1.165, 1.54) is 167 Å². The topological polar surface area (TPSA) is 108 Å². The summed E-state index contributed by atoms with van der Waals surface area (Å²) in [5.41, 5.74) is 0. The van der Waals surface area contributed by atoms with Gasteiger partial charge >= 0.3 is 17.9 Å². The molecule has 2 atom stereocenters. The molecule has 0 bridgehead atoms. The number of hydrogen-bond donors (Lipinski definition) is 1. The second-order valence-electron chi connectivity index (χ2n) is 23.0. The van der Waals surface area contributed by atoms with Crippen molar-refractivity contribution in [1.82, 2.24) is 0 Å². The number of allylic oxidation sites excluding steroid dienone is 14. The Morgan fingerprint density at radius 3 is 1.08 bits per heavy atom. The minimum absolute atomic E-state index is 0.184. The van der Waals surface area contributed by atoms with Crippen LogP contribution in [0.2, 0.25) is 0 Å². The van der Waals surface area contributed by atoms with Crippen LogP contribution in [0.5, 0.6) is 0 Å².